The first-order chi connectivity index (χ1) is 7.27. The quantitative estimate of drug-likeness (QED) is 0.813. The van der Waals surface area contributed by atoms with Crippen LogP contribution < -0.4 is 5.32 Å². The molecule has 3 heteroatoms. The average Bonchev–Trinajstić information content (AvgIpc) is 2.29. The van der Waals surface area contributed by atoms with Crippen molar-refractivity contribution >= 4 is 5.91 Å². The first-order valence-electron chi connectivity index (χ1n) is 5.03. The Kier molecular flexibility index (Phi) is 4.36. The minimum Gasteiger partial charge on any atom is -0.336 e. The molecular formula is C12H14N2O. The molecule has 1 rings (SSSR count). The molecule has 1 aromatic carbocycles. The van der Waals surface area contributed by atoms with Crippen molar-refractivity contribution in [1.29, 1.82) is 5.26 Å². The molecule has 15 heavy (non-hydrogen) atoms. The molecule has 0 saturated carbocycles. The fourth-order valence-corrected chi connectivity index (χ4v) is 1.29. The zero-order valence-electron chi connectivity index (χ0n) is 8.73. The van der Waals surface area contributed by atoms with E-state index in [0.29, 0.717) is 12.0 Å². The molecular weight excluding hydrogens is 188 g/mol. The van der Waals surface area contributed by atoms with Gasteiger partial charge in [0.15, 0.2) is 0 Å². The number of nitrogens with zero attached hydrogens (tertiary/aromatic N) is 1. The number of nitrogens with one attached hydrogen (secondary N) is 1. The Labute approximate surface area is 89.7 Å². The highest BCUT2D eigenvalue weighted by molar-refractivity contribution is 5.94. The molecule has 3 nitrogen and oxygen atoms in total. The highest BCUT2D eigenvalue weighted by atomic mass is 16.1. The summed E-state index contributed by atoms with van der Waals surface area (Å²) in [6.45, 7) is 1.99. The van der Waals surface area contributed by atoms with E-state index < -0.39 is 0 Å². The summed E-state index contributed by atoms with van der Waals surface area (Å²) in [5, 5.41) is 11.5. The Bertz CT molecular complexity index is 354. The van der Waals surface area contributed by atoms with Crippen molar-refractivity contribution < 1.29 is 4.79 Å². The Morgan fingerprint density at radius 2 is 2.13 bits per heavy atom. The molecule has 0 unspecified atom stereocenters. The van der Waals surface area contributed by atoms with E-state index >= 15 is 0 Å². The molecule has 1 atom stereocenters. The minimum atomic E-state index is -0.386. The van der Waals surface area contributed by atoms with Gasteiger partial charge in [-0.15, -0.1) is 0 Å². The minimum absolute atomic E-state index is 0.185. The maximum atomic E-state index is 11.6. The van der Waals surface area contributed by atoms with Crippen LogP contribution in [0.5, 0.6) is 0 Å². The van der Waals surface area contributed by atoms with E-state index in [9.17, 15) is 4.79 Å². The van der Waals surface area contributed by atoms with Crippen molar-refractivity contribution in [2.75, 3.05) is 0 Å². The molecule has 0 saturated heterocycles. The fourth-order valence-electron chi connectivity index (χ4n) is 1.29. The maximum absolute atomic E-state index is 11.6. The molecule has 0 radical (unpaired) electrons. The van der Waals surface area contributed by atoms with Gasteiger partial charge in [0.25, 0.3) is 5.91 Å². The standard InChI is InChI=1S/C12H14N2O/c1-2-6-11(9-13)14-12(15)10-7-4-3-5-8-10/h3-5,7-8,11H,2,6H2,1H3,(H,14,15)/t11-/m0/s1. The van der Waals surface area contributed by atoms with Crippen LogP contribution in [0, 0.1) is 11.3 Å². The largest absolute Gasteiger partial charge is 0.336 e. The lowest BCUT2D eigenvalue weighted by Gasteiger charge is -2.09. The van der Waals surface area contributed by atoms with Crippen LogP contribution in [0.2, 0.25) is 0 Å². The fraction of sp³-hybridized carbons (Fsp3) is 0.333. The van der Waals surface area contributed by atoms with E-state index in [4.69, 9.17) is 5.26 Å². The maximum Gasteiger partial charge on any atom is 0.252 e. The summed E-state index contributed by atoms with van der Waals surface area (Å²) in [6, 6.07) is 10.6. The number of amides is 1. The van der Waals surface area contributed by atoms with Crippen LogP contribution >= 0.6 is 0 Å². The normalized spacial score (nSPS) is 11.5. The van der Waals surface area contributed by atoms with Crippen molar-refractivity contribution in [3.63, 3.8) is 0 Å². The molecule has 0 spiro atoms. The molecule has 1 amide bonds. The third-order valence-corrected chi connectivity index (χ3v) is 2.07. The van der Waals surface area contributed by atoms with Crippen LogP contribution in [-0.4, -0.2) is 11.9 Å². The zero-order chi connectivity index (χ0) is 11.1. The topological polar surface area (TPSA) is 52.9 Å². The van der Waals surface area contributed by atoms with Gasteiger partial charge < -0.3 is 5.32 Å². The summed E-state index contributed by atoms with van der Waals surface area (Å²) in [5.41, 5.74) is 0.592. The second kappa shape index (κ2) is 5.82. The lowest BCUT2D eigenvalue weighted by molar-refractivity contribution is 0.0944. The van der Waals surface area contributed by atoms with E-state index in [0.717, 1.165) is 6.42 Å². The molecule has 0 aliphatic heterocycles. The predicted molar refractivity (Wildman–Crippen MR) is 58.2 cm³/mol. The van der Waals surface area contributed by atoms with Crippen molar-refractivity contribution in [3.8, 4) is 6.07 Å². The summed E-state index contributed by atoms with van der Waals surface area (Å²) in [6.07, 6.45) is 1.57. The van der Waals surface area contributed by atoms with Gasteiger partial charge in [-0.1, -0.05) is 31.5 Å². The Hall–Kier alpha value is -1.82. The molecule has 0 aliphatic carbocycles. The third kappa shape index (κ3) is 3.43. The number of hydrogen-bond acceptors (Lipinski definition) is 2. The van der Waals surface area contributed by atoms with E-state index in [1.54, 1.807) is 24.3 Å². The second-order valence-corrected chi connectivity index (χ2v) is 3.31. The van der Waals surface area contributed by atoms with Gasteiger partial charge in [-0.25, -0.2) is 0 Å². The van der Waals surface area contributed by atoms with Crippen LogP contribution in [-0.2, 0) is 0 Å². The van der Waals surface area contributed by atoms with Crippen LogP contribution in [0.4, 0.5) is 0 Å². The Morgan fingerprint density at radius 1 is 1.47 bits per heavy atom. The number of hydrogen-bond donors (Lipinski definition) is 1. The van der Waals surface area contributed by atoms with Crippen molar-refractivity contribution in [1.82, 2.24) is 5.32 Å². The Balaban J connectivity index is 2.60. The number of carbonyl (C=O) groups is 1. The van der Waals surface area contributed by atoms with Crippen molar-refractivity contribution in [2.24, 2.45) is 0 Å². The highest BCUT2D eigenvalue weighted by Crippen LogP contribution is 2.01. The van der Waals surface area contributed by atoms with Gasteiger partial charge in [0, 0.05) is 5.56 Å². The van der Waals surface area contributed by atoms with Gasteiger partial charge in [0.1, 0.15) is 6.04 Å². The zero-order valence-corrected chi connectivity index (χ0v) is 8.73. The second-order valence-electron chi connectivity index (χ2n) is 3.31. The number of nitriles is 1. The molecule has 0 aliphatic rings. The smallest absolute Gasteiger partial charge is 0.252 e. The highest BCUT2D eigenvalue weighted by Gasteiger charge is 2.11. The number of benzene rings is 1. The van der Waals surface area contributed by atoms with Gasteiger partial charge in [-0.2, -0.15) is 5.26 Å². The van der Waals surface area contributed by atoms with Crippen LogP contribution in [0.25, 0.3) is 0 Å². The summed E-state index contributed by atoms with van der Waals surface area (Å²) >= 11 is 0. The summed E-state index contributed by atoms with van der Waals surface area (Å²) in [5.74, 6) is -0.185. The summed E-state index contributed by atoms with van der Waals surface area (Å²) < 4.78 is 0. The van der Waals surface area contributed by atoms with Gasteiger partial charge in [0.05, 0.1) is 6.07 Å². The first-order valence-corrected chi connectivity index (χ1v) is 5.03. The van der Waals surface area contributed by atoms with Crippen LogP contribution in [0.15, 0.2) is 30.3 Å². The monoisotopic (exact) mass is 202 g/mol. The first kappa shape index (κ1) is 11.3. The third-order valence-electron chi connectivity index (χ3n) is 2.07. The molecule has 0 fully saturated rings. The molecule has 1 N–H and O–H groups in total. The number of carbonyl (C=O) groups excluding carboxylic acids is 1. The molecule has 1 aromatic rings. The summed E-state index contributed by atoms with van der Waals surface area (Å²) in [7, 11) is 0. The SMILES string of the molecule is CCC[C@@H](C#N)NC(=O)c1ccccc1. The van der Waals surface area contributed by atoms with Gasteiger partial charge in [-0.3, -0.25) is 4.79 Å². The predicted octanol–water partition coefficient (Wildman–Crippen LogP) is 2.11. The average molecular weight is 202 g/mol. The van der Waals surface area contributed by atoms with Crippen molar-refractivity contribution in [2.45, 2.75) is 25.8 Å². The molecule has 0 bridgehead atoms. The lowest BCUT2D eigenvalue weighted by atomic mass is 10.1. The van der Waals surface area contributed by atoms with E-state index in [-0.39, 0.29) is 11.9 Å². The summed E-state index contributed by atoms with van der Waals surface area (Å²) in [4.78, 5) is 11.6. The molecule has 0 aromatic heterocycles. The lowest BCUT2D eigenvalue weighted by Crippen LogP contribution is -2.33. The molecule has 78 valence electrons. The van der Waals surface area contributed by atoms with Crippen LogP contribution in [0.3, 0.4) is 0 Å². The van der Waals surface area contributed by atoms with Gasteiger partial charge >= 0.3 is 0 Å². The number of rotatable bonds is 4. The van der Waals surface area contributed by atoms with Crippen LogP contribution in [0.1, 0.15) is 30.1 Å². The van der Waals surface area contributed by atoms with Gasteiger partial charge in [0.2, 0.25) is 0 Å². The van der Waals surface area contributed by atoms with Crippen molar-refractivity contribution in [3.05, 3.63) is 35.9 Å². The van der Waals surface area contributed by atoms with E-state index in [2.05, 4.69) is 11.4 Å². The van der Waals surface area contributed by atoms with Gasteiger partial charge in [-0.05, 0) is 18.6 Å². The van der Waals surface area contributed by atoms with E-state index in [1.165, 1.54) is 0 Å². The Morgan fingerprint density at radius 3 is 2.67 bits per heavy atom. The van der Waals surface area contributed by atoms with E-state index in [1.807, 2.05) is 13.0 Å². The molecule has 0 heterocycles.